The van der Waals surface area contributed by atoms with E-state index in [2.05, 4.69) is 20.8 Å². The fourth-order valence-electron chi connectivity index (χ4n) is 10.5. The first-order valence-electron chi connectivity index (χ1n) is 15.9. The van der Waals surface area contributed by atoms with Crippen LogP contribution in [0.15, 0.2) is 24.3 Å². The second kappa shape index (κ2) is 11.3. The Bertz CT molecular complexity index is 1300. The van der Waals surface area contributed by atoms with E-state index in [4.69, 9.17) is 4.74 Å². The Morgan fingerprint density at radius 2 is 1.70 bits per heavy atom. The molecule has 0 saturated heterocycles. The highest BCUT2D eigenvalue weighted by atomic mass is 32.2. The minimum Gasteiger partial charge on any atom is -0.462 e. The number of ether oxygens (including phenoxy) is 1. The molecule has 242 valence electrons. The lowest BCUT2D eigenvalue weighted by Gasteiger charge is -2.63. The molecule has 0 amide bonds. The van der Waals surface area contributed by atoms with Gasteiger partial charge in [0.2, 0.25) is 0 Å². The average Bonchev–Trinajstić information content (AvgIpc) is 3.25. The van der Waals surface area contributed by atoms with E-state index in [1.807, 2.05) is 0 Å². The molecule has 4 aliphatic carbocycles. The van der Waals surface area contributed by atoms with Gasteiger partial charge >= 0.3 is 12.1 Å². The molecule has 1 aromatic carbocycles. The van der Waals surface area contributed by atoms with E-state index >= 15 is 0 Å². The maximum absolute atomic E-state index is 13.2. The first kappa shape index (κ1) is 32.7. The zero-order valence-corrected chi connectivity index (χ0v) is 26.5. The van der Waals surface area contributed by atoms with Gasteiger partial charge in [0.15, 0.2) is 0 Å². The van der Waals surface area contributed by atoms with Crippen molar-refractivity contribution in [2.24, 2.45) is 46.3 Å². The van der Waals surface area contributed by atoms with Crippen LogP contribution in [-0.2, 0) is 31.4 Å². The van der Waals surface area contributed by atoms with Crippen molar-refractivity contribution in [2.75, 3.05) is 5.75 Å². The van der Waals surface area contributed by atoms with Crippen molar-refractivity contribution in [1.82, 2.24) is 0 Å². The van der Waals surface area contributed by atoms with Crippen molar-refractivity contribution in [3.8, 4) is 0 Å². The van der Waals surface area contributed by atoms with Gasteiger partial charge in [-0.25, -0.2) is 0 Å². The normalized spacial score (nSPS) is 40.2. The van der Waals surface area contributed by atoms with Crippen molar-refractivity contribution < 1.29 is 40.8 Å². The van der Waals surface area contributed by atoms with Gasteiger partial charge in [-0.2, -0.15) is 21.6 Å². The monoisotopic (exact) mass is 628 g/mol. The topological polar surface area (TPSA) is 101 Å². The molecule has 4 aliphatic rings. The molecule has 0 aliphatic heterocycles. The van der Waals surface area contributed by atoms with Crippen molar-refractivity contribution >= 4 is 16.1 Å². The summed E-state index contributed by atoms with van der Waals surface area (Å²) < 4.78 is 77.4. The summed E-state index contributed by atoms with van der Waals surface area (Å²) in [4.78, 5) is 12.4. The molecule has 4 fully saturated rings. The zero-order valence-electron chi connectivity index (χ0n) is 25.7. The molecule has 10 atom stereocenters. The number of hydrogen-bond donors (Lipinski definition) is 2. The SMILES string of the molecule is CC(=O)O[C@@H]1C[C@@H]2C[C@](O)(c3ccc(C(F)(F)F)cc3)CC[C@]2(C)[C@H]2CC[C@]3(C)[C@@H]([C@H](C)CCCS(=O)(=O)O)CC[C@H]3[C@H]12. The average molecular weight is 629 g/mol. The largest absolute Gasteiger partial charge is 0.462 e. The van der Waals surface area contributed by atoms with Crippen molar-refractivity contribution in [3.63, 3.8) is 0 Å². The van der Waals surface area contributed by atoms with Crippen molar-refractivity contribution in [1.29, 1.82) is 0 Å². The van der Waals surface area contributed by atoms with Crippen LogP contribution in [0.1, 0.15) is 103 Å². The van der Waals surface area contributed by atoms with E-state index in [1.54, 1.807) is 0 Å². The Hall–Kier alpha value is -1.65. The maximum atomic E-state index is 13.2. The summed E-state index contributed by atoms with van der Waals surface area (Å²) in [5.41, 5.74) is -1.51. The second-order valence-corrected chi connectivity index (χ2v) is 16.4. The lowest BCUT2D eigenvalue weighted by Crippen LogP contribution is -2.60. The molecular formula is C33H47F3O6S. The molecule has 5 rings (SSSR count). The molecule has 0 unspecified atom stereocenters. The number of hydrogen-bond acceptors (Lipinski definition) is 5. The number of alkyl halides is 3. The minimum absolute atomic E-state index is 0.0376. The lowest BCUT2D eigenvalue weighted by atomic mass is 9.42. The van der Waals surface area contributed by atoms with Crippen LogP contribution in [0, 0.1) is 46.3 Å². The molecule has 1 aromatic rings. The number of carbonyl (C=O) groups excluding carboxylic acids is 1. The van der Waals surface area contributed by atoms with Crippen LogP contribution >= 0.6 is 0 Å². The molecule has 0 heterocycles. The molecule has 0 bridgehead atoms. The van der Waals surface area contributed by atoms with Crippen LogP contribution in [0.2, 0.25) is 0 Å². The Labute approximate surface area is 253 Å². The van der Waals surface area contributed by atoms with Crippen LogP contribution < -0.4 is 0 Å². The first-order valence-corrected chi connectivity index (χ1v) is 17.5. The third kappa shape index (κ3) is 6.14. The minimum atomic E-state index is -4.44. The van der Waals surface area contributed by atoms with Crippen molar-refractivity contribution in [3.05, 3.63) is 35.4 Å². The summed E-state index contributed by atoms with van der Waals surface area (Å²) in [6, 6.07) is 4.90. The van der Waals surface area contributed by atoms with Crippen LogP contribution in [0.25, 0.3) is 0 Å². The zero-order chi connectivity index (χ0) is 31.6. The van der Waals surface area contributed by atoms with Crippen molar-refractivity contribution in [2.45, 2.75) is 110 Å². The molecule has 10 heteroatoms. The van der Waals surface area contributed by atoms with Gasteiger partial charge in [0.25, 0.3) is 10.1 Å². The Morgan fingerprint density at radius 1 is 1.05 bits per heavy atom. The van der Waals surface area contributed by atoms with Gasteiger partial charge in [0, 0.05) is 12.8 Å². The molecule has 0 radical (unpaired) electrons. The van der Waals surface area contributed by atoms with E-state index in [0.29, 0.717) is 54.9 Å². The Balaban J connectivity index is 1.38. The number of halogens is 3. The standard InChI is InChI=1S/C33H47F3O6S/c1-20(6-5-17-43(39,40)41)25-11-12-26-29-27(13-14-31(25,26)4)30(3)15-16-32(38,19-24(30)18-28(29)42-21(2)37)22-7-9-23(10-8-22)33(34,35)36/h7-10,20,24-29,38H,5-6,11-19H2,1-4H3,(H,39,40,41)/t20-,24-,25-,26+,27+,28-,29+,30+,31-,32+/m1/s1. The van der Waals surface area contributed by atoms with Crippen LogP contribution in [0.3, 0.4) is 0 Å². The molecule has 0 spiro atoms. The summed E-state index contributed by atoms with van der Waals surface area (Å²) in [5, 5.41) is 11.8. The van der Waals surface area contributed by atoms with Gasteiger partial charge in [-0.1, -0.05) is 32.9 Å². The number of aliphatic hydroxyl groups is 1. The fourth-order valence-corrected chi connectivity index (χ4v) is 11.1. The number of rotatable bonds is 7. The summed E-state index contributed by atoms with van der Waals surface area (Å²) in [5.74, 6) is 1.10. The number of fused-ring (bicyclic) bond motifs is 5. The van der Waals surface area contributed by atoms with Gasteiger partial charge in [-0.05, 0) is 122 Å². The van der Waals surface area contributed by atoms with E-state index in [0.717, 1.165) is 50.7 Å². The highest BCUT2D eigenvalue weighted by Gasteiger charge is 2.64. The highest BCUT2D eigenvalue weighted by Crippen LogP contribution is 2.69. The molecule has 2 N–H and O–H groups in total. The van der Waals surface area contributed by atoms with Gasteiger partial charge in [-0.3, -0.25) is 9.35 Å². The van der Waals surface area contributed by atoms with Gasteiger partial charge in [0.05, 0.1) is 16.9 Å². The Kier molecular flexibility index (Phi) is 8.60. The predicted octanol–water partition coefficient (Wildman–Crippen LogP) is 7.40. The van der Waals surface area contributed by atoms with E-state index in [-0.39, 0.29) is 40.5 Å². The smallest absolute Gasteiger partial charge is 0.416 e. The third-order valence-electron chi connectivity index (χ3n) is 12.6. The van der Waals surface area contributed by atoms with E-state index in [9.17, 15) is 36.0 Å². The summed E-state index contributed by atoms with van der Waals surface area (Å²) in [6.45, 7) is 8.32. The van der Waals surface area contributed by atoms with Crippen LogP contribution in [-0.4, -0.2) is 35.9 Å². The molecule has 6 nitrogen and oxygen atoms in total. The summed E-state index contributed by atoms with van der Waals surface area (Å²) in [7, 11) is -3.98. The maximum Gasteiger partial charge on any atom is 0.416 e. The lowest BCUT2D eigenvalue weighted by molar-refractivity contribution is -0.204. The second-order valence-electron chi connectivity index (χ2n) is 14.8. The predicted molar refractivity (Wildman–Crippen MR) is 156 cm³/mol. The Morgan fingerprint density at radius 3 is 2.30 bits per heavy atom. The highest BCUT2D eigenvalue weighted by molar-refractivity contribution is 7.85. The molecule has 43 heavy (non-hydrogen) atoms. The van der Waals surface area contributed by atoms with Crippen LogP contribution in [0.5, 0.6) is 0 Å². The third-order valence-corrected chi connectivity index (χ3v) is 13.4. The fraction of sp³-hybridized carbons (Fsp3) is 0.788. The number of carbonyl (C=O) groups is 1. The molecule has 0 aromatic heterocycles. The van der Waals surface area contributed by atoms with Gasteiger partial charge in [0.1, 0.15) is 6.10 Å². The molecule has 4 saturated carbocycles. The van der Waals surface area contributed by atoms with Gasteiger partial charge < -0.3 is 9.84 Å². The van der Waals surface area contributed by atoms with E-state index in [1.165, 1.54) is 19.1 Å². The first-order chi connectivity index (χ1) is 19.9. The quantitative estimate of drug-likeness (QED) is 0.241. The summed E-state index contributed by atoms with van der Waals surface area (Å²) in [6.07, 6.45) is 2.80. The van der Waals surface area contributed by atoms with Crippen LogP contribution in [0.4, 0.5) is 13.2 Å². The molecular weight excluding hydrogens is 581 g/mol. The summed E-state index contributed by atoms with van der Waals surface area (Å²) >= 11 is 0. The van der Waals surface area contributed by atoms with E-state index < -0.39 is 27.5 Å². The van der Waals surface area contributed by atoms with Gasteiger partial charge in [-0.15, -0.1) is 0 Å². The number of benzene rings is 1. The number of esters is 1.